The Morgan fingerprint density at radius 2 is 1.80 bits per heavy atom. The standard InChI is InChI=1S/C3H9N.C/c1-2-3-4;/h2-4H2,1H3;. The quantitative estimate of drug-likeness (QED) is 0.477. The van der Waals surface area contributed by atoms with Crippen molar-refractivity contribution in [2.75, 3.05) is 6.54 Å². The molecular formula is C4H9N. The van der Waals surface area contributed by atoms with E-state index in [1.807, 2.05) is 0 Å². The highest BCUT2D eigenvalue weighted by molar-refractivity contribution is 4.19. The molecule has 2 N–H and O–H groups in total. The fourth-order valence-corrected chi connectivity index (χ4v) is 0. The molecule has 0 rings (SSSR count). The van der Waals surface area contributed by atoms with Gasteiger partial charge in [0, 0.05) is 7.43 Å². The highest BCUT2D eigenvalue weighted by Crippen LogP contribution is 1.57. The number of rotatable bonds is 1. The summed E-state index contributed by atoms with van der Waals surface area (Å²) >= 11 is 0. The van der Waals surface area contributed by atoms with Crippen molar-refractivity contribution >= 4 is 0 Å². The van der Waals surface area contributed by atoms with Gasteiger partial charge in [0.05, 0.1) is 0 Å². The van der Waals surface area contributed by atoms with Gasteiger partial charge in [0.25, 0.3) is 0 Å². The molecule has 0 bridgehead atoms. The van der Waals surface area contributed by atoms with E-state index in [1.54, 1.807) is 0 Å². The third-order valence-corrected chi connectivity index (χ3v) is 0.289. The van der Waals surface area contributed by atoms with E-state index in [1.165, 1.54) is 0 Å². The van der Waals surface area contributed by atoms with Gasteiger partial charge in [0.1, 0.15) is 0 Å². The molecule has 0 saturated heterocycles. The van der Waals surface area contributed by atoms with Crippen LogP contribution in [-0.4, -0.2) is 6.54 Å². The van der Waals surface area contributed by atoms with Crippen molar-refractivity contribution in [2.24, 2.45) is 5.73 Å². The summed E-state index contributed by atoms with van der Waals surface area (Å²) in [5.41, 5.74) is 5.03. The van der Waals surface area contributed by atoms with Gasteiger partial charge < -0.3 is 5.73 Å². The molecule has 0 aromatic heterocycles. The van der Waals surface area contributed by atoms with Crippen molar-refractivity contribution in [3.8, 4) is 0 Å². The predicted octanol–water partition coefficient (Wildman–Crippen LogP) is 0.436. The van der Waals surface area contributed by atoms with Crippen LogP contribution in [0.15, 0.2) is 0 Å². The van der Waals surface area contributed by atoms with E-state index >= 15 is 0 Å². The van der Waals surface area contributed by atoms with Crippen LogP contribution in [0.1, 0.15) is 13.3 Å². The molecule has 5 heavy (non-hydrogen) atoms. The molecule has 0 unspecified atom stereocenters. The molecule has 1 heteroatoms. The van der Waals surface area contributed by atoms with Gasteiger partial charge in [-0.05, 0) is 13.0 Å². The zero-order chi connectivity index (χ0) is 3.41. The van der Waals surface area contributed by atoms with Crippen LogP contribution in [-0.2, 0) is 0 Å². The van der Waals surface area contributed by atoms with Crippen LogP contribution in [0.5, 0.6) is 0 Å². The minimum atomic E-state index is 0. The third kappa shape index (κ3) is 16.5. The molecule has 0 aromatic carbocycles. The van der Waals surface area contributed by atoms with Crippen LogP contribution in [0, 0.1) is 7.43 Å². The first kappa shape index (κ1) is 8.88. The fraction of sp³-hybridized carbons (Fsp3) is 0.750. The molecular weight excluding hydrogens is 62.1 g/mol. The van der Waals surface area contributed by atoms with Crippen LogP contribution in [0.4, 0.5) is 0 Å². The lowest BCUT2D eigenvalue weighted by molar-refractivity contribution is 0.932. The lowest BCUT2D eigenvalue weighted by atomic mass is 10.5. The average Bonchev–Trinajstić information content (AvgIpc) is 1.37. The molecule has 0 saturated carbocycles. The van der Waals surface area contributed by atoms with Gasteiger partial charge in [-0.25, -0.2) is 0 Å². The molecule has 0 heterocycles. The van der Waals surface area contributed by atoms with Gasteiger partial charge in [0.15, 0.2) is 0 Å². The Kier molecular flexibility index (Phi) is 16.0. The Morgan fingerprint density at radius 1 is 1.60 bits per heavy atom. The summed E-state index contributed by atoms with van der Waals surface area (Å²) in [6, 6.07) is 0. The van der Waals surface area contributed by atoms with Crippen LogP contribution >= 0.6 is 0 Å². The van der Waals surface area contributed by atoms with Gasteiger partial charge >= 0.3 is 0 Å². The topological polar surface area (TPSA) is 26.0 Å². The summed E-state index contributed by atoms with van der Waals surface area (Å²) in [4.78, 5) is 0. The second kappa shape index (κ2) is 9.03. The van der Waals surface area contributed by atoms with Crippen molar-refractivity contribution in [3.05, 3.63) is 7.43 Å². The summed E-state index contributed by atoms with van der Waals surface area (Å²) in [6.07, 6.45) is 1.10. The average molecular weight is 71.1 g/mol. The molecule has 0 fully saturated rings. The molecule has 1 nitrogen and oxygen atoms in total. The van der Waals surface area contributed by atoms with Crippen molar-refractivity contribution in [1.29, 1.82) is 0 Å². The Bertz CT molecular complexity index is 5.61. The third-order valence-electron chi connectivity index (χ3n) is 0.289. The highest BCUT2D eigenvalue weighted by Gasteiger charge is 1.55. The number of hydrogen-bond donors (Lipinski definition) is 1. The molecule has 0 spiro atoms. The van der Waals surface area contributed by atoms with Gasteiger partial charge in [-0.1, -0.05) is 6.92 Å². The normalized spacial score (nSPS) is 6.00. The van der Waals surface area contributed by atoms with Crippen LogP contribution in [0.25, 0.3) is 0 Å². The van der Waals surface area contributed by atoms with Gasteiger partial charge in [-0.15, -0.1) is 0 Å². The SMILES string of the molecule is CCCN.[C]. The summed E-state index contributed by atoms with van der Waals surface area (Å²) in [5.74, 6) is 0. The maximum absolute atomic E-state index is 5.03. The van der Waals surface area contributed by atoms with Crippen molar-refractivity contribution in [3.63, 3.8) is 0 Å². The number of hydrogen-bond acceptors (Lipinski definition) is 1. The zero-order valence-corrected chi connectivity index (χ0v) is 3.49. The Hall–Kier alpha value is -0.0400. The summed E-state index contributed by atoms with van der Waals surface area (Å²) in [7, 11) is 0. The van der Waals surface area contributed by atoms with E-state index in [9.17, 15) is 0 Å². The van der Waals surface area contributed by atoms with Crippen LogP contribution in [0.3, 0.4) is 0 Å². The minimum absolute atomic E-state index is 0. The first-order valence-electron chi connectivity index (χ1n) is 1.62. The largest absolute Gasteiger partial charge is 0.330 e. The Labute approximate surface area is 34.2 Å². The lowest BCUT2D eigenvalue weighted by Crippen LogP contribution is -1.93. The van der Waals surface area contributed by atoms with Crippen molar-refractivity contribution in [1.82, 2.24) is 0 Å². The molecule has 0 aliphatic carbocycles. The van der Waals surface area contributed by atoms with Gasteiger partial charge in [-0.3, -0.25) is 0 Å². The van der Waals surface area contributed by atoms with E-state index in [0.29, 0.717) is 0 Å². The summed E-state index contributed by atoms with van der Waals surface area (Å²) in [5, 5.41) is 0. The van der Waals surface area contributed by atoms with Crippen LogP contribution in [0.2, 0.25) is 0 Å². The maximum Gasteiger partial charge on any atom is 0 e. The smallest absolute Gasteiger partial charge is 0 e. The van der Waals surface area contributed by atoms with E-state index in [2.05, 4.69) is 6.92 Å². The molecule has 0 aliphatic rings. The minimum Gasteiger partial charge on any atom is -0.330 e. The van der Waals surface area contributed by atoms with E-state index in [0.717, 1.165) is 13.0 Å². The fourth-order valence-electron chi connectivity index (χ4n) is 0. The van der Waals surface area contributed by atoms with E-state index in [4.69, 9.17) is 5.73 Å². The molecule has 0 amide bonds. The van der Waals surface area contributed by atoms with E-state index in [-0.39, 0.29) is 7.43 Å². The predicted molar refractivity (Wildman–Crippen MR) is 22.6 cm³/mol. The van der Waals surface area contributed by atoms with Crippen molar-refractivity contribution in [2.45, 2.75) is 13.3 Å². The Morgan fingerprint density at radius 3 is 1.80 bits per heavy atom. The Balaban J connectivity index is 0. The first-order valence-corrected chi connectivity index (χ1v) is 1.62. The van der Waals surface area contributed by atoms with Crippen molar-refractivity contribution < 1.29 is 0 Å². The lowest BCUT2D eigenvalue weighted by Gasteiger charge is -1.70. The molecule has 4 radical (unpaired) electrons. The second-order valence-corrected chi connectivity index (χ2v) is 0.789. The van der Waals surface area contributed by atoms with Crippen LogP contribution < -0.4 is 5.73 Å². The molecule has 30 valence electrons. The molecule has 0 aliphatic heterocycles. The summed E-state index contributed by atoms with van der Waals surface area (Å²) < 4.78 is 0. The number of nitrogens with two attached hydrogens (primary N) is 1. The molecule has 0 aromatic rings. The first-order chi connectivity index (χ1) is 1.91. The maximum atomic E-state index is 5.03. The second-order valence-electron chi connectivity index (χ2n) is 0.789. The molecule has 0 atom stereocenters. The van der Waals surface area contributed by atoms with Gasteiger partial charge in [0.2, 0.25) is 0 Å². The monoisotopic (exact) mass is 71.1 g/mol. The van der Waals surface area contributed by atoms with E-state index < -0.39 is 0 Å². The zero-order valence-electron chi connectivity index (χ0n) is 3.49. The van der Waals surface area contributed by atoms with Gasteiger partial charge in [-0.2, -0.15) is 0 Å². The summed E-state index contributed by atoms with van der Waals surface area (Å²) in [6.45, 7) is 2.88. The highest BCUT2D eigenvalue weighted by atomic mass is 14.5.